The molecule has 0 fully saturated rings. The third-order valence-electron chi connectivity index (χ3n) is 10.4. The van der Waals surface area contributed by atoms with Crippen LogP contribution in [0, 0.1) is 6.07 Å². The molecule has 0 aliphatic rings. The number of rotatable bonds is 7. The molecule has 0 bridgehead atoms. The summed E-state index contributed by atoms with van der Waals surface area (Å²) in [6, 6.07) is 51.0. The molecule has 8 aromatic rings. The molecule has 0 saturated heterocycles. The standard InChI is InChI=1S/C54H47N2O.Pt/c1-53(2,3)43-30-41(31-44(35-43)54(4,5)6)42-33-49(56-50(34-42)47-23-13-14-26-51(47)57)39-22-15-21-38(29-39)48-32-40(27-28-55-48)52-45(36-17-9-7-10-18-36)24-16-25-46(52)37-19-11-8-12-20-37;/h7-28,30-35,57H,1-6H3;/q-1;/i16D,24D,25D;. The van der Waals surface area contributed by atoms with E-state index in [1.807, 2.05) is 109 Å². The summed E-state index contributed by atoms with van der Waals surface area (Å²) in [5.74, 6) is 0.153. The average Bonchev–Trinajstić information content (AvgIpc) is 3.25. The SMILES string of the molecule is [2H]c1c([2H])c(-c2ccccc2)c(-c2ccnc(-c3[c-]c(-c4cc(-c5cc(C(C)(C)C)cc(C(C)(C)C)c5)cc(-c5ccccc5O)n4)ccc3)c2)c(-c2ccccc2)c1[2H].[Pt]. The molecule has 0 radical (unpaired) electrons. The van der Waals surface area contributed by atoms with Gasteiger partial charge in [0.1, 0.15) is 5.75 Å². The van der Waals surface area contributed by atoms with Crippen molar-refractivity contribution in [3.8, 4) is 84.0 Å². The number of para-hydroxylation sites is 1. The van der Waals surface area contributed by atoms with E-state index in [9.17, 15) is 5.11 Å². The fourth-order valence-corrected chi connectivity index (χ4v) is 7.16. The average molecular weight is 938 g/mol. The Hall–Kier alpha value is -5.89. The van der Waals surface area contributed by atoms with Crippen molar-refractivity contribution in [2.75, 3.05) is 0 Å². The molecule has 0 aliphatic carbocycles. The number of hydrogen-bond donors (Lipinski definition) is 1. The summed E-state index contributed by atoms with van der Waals surface area (Å²) in [5.41, 5.74) is 12.8. The van der Waals surface area contributed by atoms with Crippen LogP contribution in [0.25, 0.3) is 78.3 Å². The predicted octanol–water partition coefficient (Wildman–Crippen LogP) is 14.2. The summed E-state index contributed by atoms with van der Waals surface area (Å²) >= 11 is 0. The molecular formula is C54H47N2OPt-. The van der Waals surface area contributed by atoms with Crippen molar-refractivity contribution in [2.24, 2.45) is 0 Å². The Balaban J connectivity index is 0.00000561. The van der Waals surface area contributed by atoms with E-state index in [4.69, 9.17) is 14.1 Å². The third kappa shape index (κ3) is 8.52. The number of pyridine rings is 2. The van der Waals surface area contributed by atoms with Crippen molar-refractivity contribution in [3.63, 3.8) is 0 Å². The van der Waals surface area contributed by atoms with Gasteiger partial charge >= 0.3 is 0 Å². The minimum absolute atomic E-state index is 0. The van der Waals surface area contributed by atoms with E-state index in [-0.39, 0.29) is 55.8 Å². The normalized spacial score (nSPS) is 12.3. The van der Waals surface area contributed by atoms with Crippen LogP contribution in [-0.2, 0) is 31.9 Å². The first kappa shape index (κ1) is 36.4. The van der Waals surface area contributed by atoms with Gasteiger partial charge in [0.25, 0.3) is 0 Å². The number of nitrogens with zero attached hydrogens (tertiary/aromatic N) is 2. The zero-order valence-electron chi connectivity index (χ0n) is 36.6. The summed E-state index contributed by atoms with van der Waals surface area (Å²) < 4.78 is 27.2. The Kier molecular flexibility index (Phi) is 10.4. The number of hydrogen-bond acceptors (Lipinski definition) is 3. The van der Waals surface area contributed by atoms with Crippen molar-refractivity contribution in [1.82, 2.24) is 9.97 Å². The second kappa shape index (κ2) is 16.5. The van der Waals surface area contributed by atoms with Crippen LogP contribution in [0.1, 0.15) is 56.8 Å². The van der Waals surface area contributed by atoms with Crippen LogP contribution in [0.15, 0.2) is 170 Å². The van der Waals surface area contributed by atoms with Crippen LogP contribution in [0.4, 0.5) is 0 Å². The van der Waals surface area contributed by atoms with E-state index in [1.54, 1.807) is 12.3 Å². The summed E-state index contributed by atoms with van der Waals surface area (Å²) in [5, 5.41) is 11.0. The fourth-order valence-electron chi connectivity index (χ4n) is 7.16. The van der Waals surface area contributed by atoms with Gasteiger partial charge in [0.05, 0.1) is 9.81 Å². The molecule has 3 nitrogen and oxygen atoms in total. The minimum Gasteiger partial charge on any atom is -0.507 e. The zero-order chi connectivity index (χ0) is 42.3. The van der Waals surface area contributed by atoms with Gasteiger partial charge in [-0.3, -0.25) is 9.97 Å². The van der Waals surface area contributed by atoms with Gasteiger partial charge in [-0.15, -0.1) is 24.3 Å². The van der Waals surface area contributed by atoms with E-state index in [0.717, 1.165) is 38.9 Å². The summed E-state index contributed by atoms with van der Waals surface area (Å²) in [6.45, 7) is 13.4. The fraction of sp³-hybridized carbons (Fsp3) is 0.148. The van der Waals surface area contributed by atoms with Crippen molar-refractivity contribution >= 4 is 0 Å². The number of aromatic hydroxyl groups is 1. The molecule has 2 aromatic heterocycles. The molecule has 0 spiro atoms. The van der Waals surface area contributed by atoms with Crippen LogP contribution < -0.4 is 0 Å². The summed E-state index contributed by atoms with van der Waals surface area (Å²) in [6.07, 6.45) is 1.75. The molecule has 290 valence electrons. The molecule has 1 N–H and O–H groups in total. The van der Waals surface area contributed by atoms with E-state index in [1.165, 1.54) is 11.1 Å². The maximum absolute atomic E-state index is 11.0. The Bertz CT molecular complexity index is 2780. The minimum atomic E-state index is -0.121. The van der Waals surface area contributed by atoms with Crippen molar-refractivity contribution in [2.45, 2.75) is 52.4 Å². The van der Waals surface area contributed by atoms with Crippen LogP contribution in [0.5, 0.6) is 5.75 Å². The smallest absolute Gasteiger partial charge is 0.124 e. The van der Waals surface area contributed by atoms with E-state index < -0.39 is 0 Å². The van der Waals surface area contributed by atoms with Crippen molar-refractivity contribution in [3.05, 3.63) is 187 Å². The van der Waals surface area contributed by atoms with Crippen LogP contribution in [-0.4, -0.2) is 15.1 Å². The van der Waals surface area contributed by atoms with Gasteiger partial charge in [-0.2, -0.15) is 0 Å². The first-order valence-electron chi connectivity index (χ1n) is 20.9. The zero-order valence-corrected chi connectivity index (χ0v) is 35.9. The summed E-state index contributed by atoms with van der Waals surface area (Å²) in [4.78, 5) is 9.98. The predicted molar refractivity (Wildman–Crippen MR) is 238 cm³/mol. The van der Waals surface area contributed by atoms with Gasteiger partial charge in [-0.1, -0.05) is 174 Å². The first-order chi connectivity index (χ1) is 28.7. The third-order valence-corrected chi connectivity index (χ3v) is 10.4. The molecule has 2 heterocycles. The topological polar surface area (TPSA) is 46.0 Å². The Morgan fingerprint density at radius 3 is 1.60 bits per heavy atom. The molecule has 0 amide bonds. The van der Waals surface area contributed by atoms with Gasteiger partial charge < -0.3 is 5.11 Å². The summed E-state index contributed by atoms with van der Waals surface area (Å²) in [7, 11) is 0. The van der Waals surface area contributed by atoms with E-state index in [0.29, 0.717) is 39.3 Å². The molecule has 0 atom stereocenters. The molecule has 0 unspecified atom stereocenters. The van der Waals surface area contributed by atoms with E-state index in [2.05, 4.69) is 77.9 Å². The molecule has 6 aromatic carbocycles. The van der Waals surface area contributed by atoms with Gasteiger partial charge in [0, 0.05) is 44.2 Å². The number of benzene rings is 6. The van der Waals surface area contributed by atoms with Crippen LogP contribution in [0.3, 0.4) is 0 Å². The molecule has 0 saturated carbocycles. The molecule has 0 aliphatic heterocycles. The Labute approximate surface area is 362 Å². The number of aromatic nitrogens is 2. The van der Waals surface area contributed by atoms with Crippen molar-refractivity contribution in [1.29, 1.82) is 0 Å². The maximum Gasteiger partial charge on any atom is 0.124 e. The van der Waals surface area contributed by atoms with Gasteiger partial charge in [-0.25, -0.2) is 0 Å². The Morgan fingerprint density at radius 2 is 1.02 bits per heavy atom. The molecule has 4 heteroatoms. The quantitative estimate of drug-likeness (QED) is 0.162. The van der Waals surface area contributed by atoms with Gasteiger partial charge in [-0.05, 0) is 90.7 Å². The number of phenols is 1. The number of phenolic OH excluding ortho intramolecular Hbond substituents is 1. The van der Waals surface area contributed by atoms with Gasteiger partial charge in [0.15, 0.2) is 0 Å². The second-order valence-electron chi connectivity index (χ2n) is 16.6. The molecule has 58 heavy (non-hydrogen) atoms. The first-order valence-corrected chi connectivity index (χ1v) is 19.4. The Morgan fingerprint density at radius 1 is 0.500 bits per heavy atom. The van der Waals surface area contributed by atoms with Crippen LogP contribution >= 0.6 is 0 Å². The van der Waals surface area contributed by atoms with Crippen LogP contribution in [0.2, 0.25) is 0 Å². The molecule has 8 rings (SSSR count). The monoisotopic (exact) mass is 937 g/mol. The molecular weight excluding hydrogens is 888 g/mol. The van der Waals surface area contributed by atoms with Crippen molar-refractivity contribution < 1.29 is 30.3 Å². The van der Waals surface area contributed by atoms with E-state index >= 15 is 0 Å². The largest absolute Gasteiger partial charge is 0.507 e. The second-order valence-corrected chi connectivity index (χ2v) is 16.6. The maximum atomic E-state index is 11.0. The van der Waals surface area contributed by atoms with Gasteiger partial charge in [0.2, 0.25) is 0 Å².